The number of fused-ring (bicyclic) bond motifs is 1. The number of rotatable bonds is 6. The zero-order valence-electron chi connectivity index (χ0n) is 15.1. The minimum absolute atomic E-state index is 0.0609. The Kier molecular flexibility index (Phi) is 4.88. The van der Waals surface area contributed by atoms with Gasteiger partial charge in [-0.05, 0) is 54.0 Å². The van der Waals surface area contributed by atoms with Crippen LogP contribution in [-0.2, 0) is 4.79 Å². The summed E-state index contributed by atoms with van der Waals surface area (Å²) in [6.07, 6.45) is 7.80. The monoisotopic (exact) mass is 358 g/mol. The molecular weight excluding hydrogens is 336 g/mol. The van der Waals surface area contributed by atoms with Gasteiger partial charge in [-0.25, -0.2) is 0 Å². The van der Waals surface area contributed by atoms with Crippen LogP contribution in [0.1, 0.15) is 17.5 Å². The Hall–Kier alpha value is -3.13. The van der Waals surface area contributed by atoms with E-state index in [1.165, 1.54) is 0 Å². The van der Waals surface area contributed by atoms with Gasteiger partial charge < -0.3 is 10.2 Å². The van der Waals surface area contributed by atoms with Crippen molar-refractivity contribution in [1.29, 1.82) is 5.26 Å². The number of carbonyl (C=O) groups excluding carboxylic acids is 1. The van der Waals surface area contributed by atoms with E-state index in [0.717, 1.165) is 36.3 Å². The van der Waals surface area contributed by atoms with Crippen molar-refractivity contribution in [2.45, 2.75) is 6.42 Å². The van der Waals surface area contributed by atoms with Crippen LogP contribution >= 0.6 is 0 Å². The minimum atomic E-state index is -0.0609. The van der Waals surface area contributed by atoms with Crippen LogP contribution in [0, 0.1) is 29.1 Å². The average molecular weight is 358 g/mol. The first-order valence-corrected chi connectivity index (χ1v) is 9.36. The summed E-state index contributed by atoms with van der Waals surface area (Å²) in [5.74, 6) is 2.02. The highest BCUT2D eigenvalue weighted by Gasteiger charge is 2.55. The molecule has 27 heavy (non-hydrogen) atoms. The summed E-state index contributed by atoms with van der Waals surface area (Å²) >= 11 is 0. The van der Waals surface area contributed by atoms with Gasteiger partial charge in [-0.1, -0.05) is 18.2 Å². The molecule has 2 unspecified atom stereocenters. The Morgan fingerprint density at radius 2 is 2.07 bits per heavy atom. The number of amides is 1. The fourth-order valence-electron chi connectivity index (χ4n) is 4.19. The van der Waals surface area contributed by atoms with Crippen molar-refractivity contribution in [3.8, 4) is 6.07 Å². The van der Waals surface area contributed by atoms with Gasteiger partial charge in [0.05, 0.1) is 11.3 Å². The molecule has 1 aromatic heterocycles. The number of aromatic nitrogens is 1. The molecule has 136 valence electrons. The van der Waals surface area contributed by atoms with E-state index in [0.29, 0.717) is 24.3 Å². The molecule has 2 fully saturated rings. The Morgan fingerprint density at radius 1 is 1.26 bits per heavy atom. The Labute approximate surface area is 159 Å². The normalized spacial score (nSPS) is 23.1. The van der Waals surface area contributed by atoms with Crippen LogP contribution in [0.4, 0.5) is 5.69 Å². The molecular formula is C22H22N4O. The number of carbonyl (C=O) groups is 1. The molecule has 1 aliphatic heterocycles. The standard InChI is InChI=1S/C22H22N4O/c23-12-17-5-1-2-6-21(17)26-14-19-18(20(19)15-26)9-11-25-22(27)8-7-16-4-3-10-24-13-16/h1-8,10,13,18-20H,9,11,14-15H2,(H,25,27)/b8-7+. The molecule has 1 aliphatic carbocycles. The van der Waals surface area contributed by atoms with Gasteiger partial charge in [0.2, 0.25) is 5.91 Å². The van der Waals surface area contributed by atoms with E-state index in [9.17, 15) is 10.1 Å². The van der Waals surface area contributed by atoms with Gasteiger partial charge in [0.1, 0.15) is 6.07 Å². The SMILES string of the molecule is N#Cc1ccccc1N1CC2C(CCNC(=O)/C=C/c3cccnc3)C2C1. The fraction of sp³-hybridized carbons (Fsp3) is 0.318. The summed E-state index contributed by atoms with van der Waals surface area (Å²) in [5.41, 5.74) is 2.73. The van der Waals surface area contributed by atoms with Gasteiger partial charge >= 0.3 is 0 Å². The van der Waals surface area contributed by atoms with E-state index in [1.807, 2.05) is 36.4 Å². The summed E-state index contributed by atoms with van der Waals surface area (Å²) in [5, 5.41) is 12.2. The number of para-hydroxylation sites is 1. The van der Waals surface area contributed by atoms with Crippen LogP contribution in [0.3, 0.4) is 0 Å². The van der Waals surface area contributed by atoms with Gasteiger partial charge in [-0.2, -0.15) is 5.26 Å². The van der Waals surface area contributed by atoms with Crippen molar-refractivity contribution >= 4 is 17.7 Å². The molecule has 2 atom stereocenters. The van der Waals surface area contributed by atoms with Gasteiger partial charge in [0.15, 0.2) is 0 Å². The highest BCUT2D eigenvalue weighted by molar-refractivity contribution is 5.91. The third-order valence-electron chi connectivity index (χ3n) is 5.63. The number of nitriles is 1. The Morgan fingerprint density at radius 3 is 2.81 bits per heavy atom. The van der Waals surface area contributed by atoms with E-state index in [1.54, 1.807) is 24.5 Å². The van der Waals surface area contributed by atoms with E-state index in [4.69, 9.17) is 0 Å². The molecule has 1 saturated heterocycles. The summed E-state index contributed by atoms with van der Waals surface area (Å²) in [4.78, 5) is 18.3. The molecule has 2 aliphatic rings. The summed E-state index contributed by atoms with van der Waals surface area (Å²) < 4.78 is 0. The molecule has 1 saturated carbocycles. The molecule has 0 radical (unpaired) electrons. The highest BCUT2D eigenvalue weighted by Crippen LogP contribution is 2.54. The minimum Gasteiger partial charge on any atom is -0.370 e. The van der Waals surface area contributed by atoms with Crippen LogP contribution in [-0.4, -0.2) is 30.5 Å². The lowest BCUT2D eigenvalue weighted by atomic mass is 10.1. The molecule has 0 spiro atoms. The Bertz CT molecular complexity index is 875. The molecule has 0 bridgehead atoms. The first-order valence-electron chi connectivity index (χ1n) is 9.36. The highest BCUT2D eigenvalue weighted by atomic mass is 16.1. The molecule has 1 aromatic carbocycles. The molecule has 1 amide bonds. The molecule has 5 nitrogen and oxygen atoms in total. The molecule has 2 aromatic rings. The predicted molar refractivity (Wildman–Crippen MR) is 105 cm³/mol. The fourth-order valence-corrected chi connectivity index (χ4v) is 4.19. The zero-order chi connectivity index (χ0) is 18.6. The van der Waals surface area contributed by atoms with Crippen LogP contribution in [0.2, 0.25) is 0 Å². The van der Waals surface area contributed by atoms with E-state index in [2.05, 4.69) is 21.3 Å². The molecule has 4 rings (SSSR count). The van der Waals surface area contributed by atoms with Crippen LogP contribution in [0.5, 0.6) is 0 Å². The van der Waals surface area contributed by atoms with Gasteiger partial charge in [-0.15, -0.1) is 0 Å². The van der Waals surface area contributed by atoms with Crippen molar-refractivity contribution in [3.05, 3.63) is 66.0 Å². The largest absolute Gasteiger partial charge is 0.370 e. The quantitative estimate of drug-likeness (QED) is 0.806. The number of benzene rings is 1. The number of pyridine rings is 1. The Balaban J connectivity index is 1.20. The number of nitrogens with one attached hydrogen (secondary N) is 1. The first kappa shape index (κ1) is 17.3. The second-order valence-corrected chi connectivity index (χ2v) is 7.22. The van der Waals surface area contributed by atoms with Crippen LogP contribution < -0.4 is 10.2 Å². The second kappa shape index (κ2) is 7.63. The maximum atomic E-state index is 11.9. The number of anilines is 1. The van der Waals surface area contributed by atoms with E-state index < -0.39 is 0 Å². The predicted octanol–water partition coefficient (Wildman–Crippen LogP) is 2.86. The van der Waals surface area contributed by atoms with Crippen LogP contribution in [0.25, 0.3) is 6.08 Å². The van der Waals surface area contributed by atoms with Gasteiger partial charge in [-0.3, -0.25) is 9.78 Å². The number of hydrogen-bond donors (Lipinski definition) is 1. The summed E-state index contributed by atoms with van der Waals surface area (Å²) in [6, 6.07) is 13.9. The van der Waals surface area contributed by atoms with E-state index >= 15 is 0 Å². The van der Waals surface area contributed by atoms with Gasteiger partial charge in [0, 0.05) is 38.1 Å². The lowest BCUT2D eigenvalue weighted by molar-refractivity contribution is -0.116. The van der Waals surface area contributed by atoms with Crippen LogP contribution in [0.15, 0.2) is 54.9 Å². The third-order valence-corrected chi connectivity index (χ3v) is 5.63. The summed E-state index contributed by atoms with van der Waals surface area (Å²) in [6.45, 7) is 2.74. The second-order valence-electron chi connectivity index (χ2n) is 7.22. The lowest BCUT2D eigenvalue weighted by Crippen LogP contribution is -2.27. The lowest BCUT2D eigenvalue weighted by Gasteiger charge is -2.23. The number of hydrogen-bond acceptors (Lipinski definition) is 4. The van der Waals surface area contributed by atoms with Crippen molar-refractivity contribution in [2.24, 2.45) is 17.8 Å². The maximum Gasteiger partial charge on any atom is 0.244 e. The van der Waals surface area contributed by atoms with Crippen molar-refractivity contribution in [2.75, 3.05) is 24.5 Å². The number of piperidine rings is 1. The molecule has 2 heterocycles. The van der Waals surface area contributed by atoms with Crippen molar-refractivity contribution in [1.82, 2.24) is 10.3 Å². The number of nitrogens with zero attached hydrogens (tertiary/aromatic N) is 3. The van der Waals surface area contributed by atoms with E-state index in [-0.39, 0.29) is 5.91 Å². The zero-order valence-corrected chi connectivity index (χ0v) is 15.1. The average Bonchev–Trinajstić information content (AvgIpc) is 3.16. The topological polar surface area (TPSA) is 69.0 Å². The first-order chi connectivity index (χ1) is 13.3. The molecule has 5 heteroatoms. The van der Waals surface area contributed by atoms with Crippen molar-refractivity contribution < 1.29 is 4.79 Å². The molecule has 1 N–H and O–H groups in total. The maximum absolute atomic E-state index is 11.9. The summed E-state index contributed by atoms with van der Waals surface area (Å²) in [7, 11) is 0. The van der Waals surface area contributed by atoms with Gasteiger partial charge in [0.25, 0.3) is 0 Å². The third kappa shape index (κ3) is 3.85. The smallest absolute Gasteiger partial charge is 0.244 e. The van der Waals surface area contributed by atoms with Crippen molar-refractivity contribution in [3.63, 3.8) is 0 Å².